The minimum atomic E-state index is -0.650. The van der Waals surface area contributed by atoms with Crippen molar-refractivity contribution in [3.8, 4) is 11.5 Å². The molecular weight excluding hydrogens is 396 g/mol. The van der Waals surface area contributed by atoms with E-state index in [9.17, 15) is 14.7 Å². The smallest absolute Gasteiger partial charge is 0.336 e. The van der Waals surface area contributed by atoms with E-state index in [0.29, 0.717) is 37.4 Å². The summed E-state index contributed by atoms with van der Waals surface area (Å²) in [4.78, 5) is 26.8. The highest BCUT2D eigenvalue weighted by Crippen LogP contribution is 2.35. The van der Waals surface area contributed by atoms with Crippen LogP contribution in [0.2, 0.25) is 0 Å². The van der Waals surface area contributed by atoms with Gasteiger partial charge < -0.3 is 24.5 Å². The molecule has 7 nitrogen and oxygen atoms in total. The fourth-order valence-corrected chi connectivity index (χ4v) is 3.88. The van der Waals surface area contributed by atoms with E-state index in [4.69, 9.17) is 9.15 Å². The summed E-state index contributed by atoms with van der Waals surface area (Å²) in [6.07, 6.45) is 0.848. The van der Waals surface area contributed by atoms with Gasteiger partial charge >= 0.3 is 5.63 Å². The largest absolute Gasteiger partial charge is 0.508 e. The quantitative estimate of drug-likeness (QED) is 0.592. The number of benzene rings is 2. The number of anilines is 1. The maximum absolute atomic E-state index is 12.6. The number of fused-ring (bicyclic) bond motifs is 2. The minimum absolute atomic E-state index is 0.111. The number of nitrogens with zero attached hydrogens (tertiary/aromatic N) is 1. The first-order valence-electron chi connectivity index (χ1n) is 10.6. The number of aromatic hydroxyl groups is 1. The number of para-hydroxylation sites is 2. The molecule has 0 saturated heterocycles. The van der Waals surface area contributed by atoms with E-state index in [2.05, 4.69) is 5.32 Å². The number of phenolic OH excluding ortho intramolecular Hbond substituents is 1. The number of hydrogen-bond donors (Lipinski definition) is 2. The van der Waals surface area contributed by atoms with E-state index in [1.165, 1.54) is 12.1 Å². The van der Waals surface area contributed by atoms with Crippen molar-refractivity contribution in [3.05, 3.63) is 64.0 Å². The third-order valence-electron chi connectivity index (χ3n) is 5.47. The van der Waals surface area contributed by atoms with Crippen LogP contribution in [0.3, 0.4) is 0 Å². The van der Waals surface area contributed by atoms with Gasteiger partial charge in [-0.3, -0.25) is 4.79 Å². The van der Waals surface area contributed by atoms with Crippen LogP contribution in [0.1, 0.15) is 31.4 Å². The van der Waals surface area contributed by atoms with Gasteiger partial charge in [0.25, 0.3) is 5.91 Å². The summed E-state index contributed by atoms with van der Waals surface area (Å²) in [7, 11) is 0. The summed E-state index contributed by atoms with van der Waals surface area (Å²) in [5.74, 6) is 0.584. The number of hydrogen-bond acceptors (Lipinski definition) is 6. The van der Waals surface area contributed by atoms with Gasteiger partial charge in [0.2, 0.25) is 0 Å². The molecule has 162 valence electrons. The Morgan fingerprint density at radius 3 is 2.77 bits per heavy atom. The average molecular weight is 422 g/mol. The van der Waals surface area contributed by atoms with E-state index in [-0.39, 0.29) is 11.7 Å². The molecule has 2 heterocycles. The lowest BCUT2D eigenvalue weighted by atomic mass is 10.0. The van der Waals surface area contributed by atoms with E-state index < -0.39 is 11.7 Å². The molecule has 0 radical (unpaired) electrons. The summed E-state index contributed by atoms with van der Waals surface area (Å²) >= 11 is 0. The van der Waals surface area contributed by atoms with Crippen LogP contribution in [0.4, 0.5) is 5.69 Å². The number of aryl methyl sites for hydroxylation is 1. The highest BCUT2D eigenvalue weighted by Gasteiger charge is 2.31. The number of ether oxygens (including phenoxy) is 1. The average Bonchev–Trinajstić information content (AvgIpc) is 2.76. The van der Waals surface area contributed by atoms with E-state index in [0.717, 1.165) is 28.6 Å². The molecule has 1 aliphatic heterocycles. The van der Waals surface area contributed by atoms with Gasteiger partial charge in [-0.15, -0.1) is 0 Å². The third kappa shape index (κ3) is 4.21. The first kappa shape index (κ1) is 20.8. The second kappa shape index (κ2) is 8.71. The topological polar surface area (TPSA) is 92.0 Å². The fourth-order valence-electron chi connectivity index (χ4n) is 3.88. The van der Waals surface area contributed by atoms with Crippen molar-refractivity contribution >= 4 is 22.6 Å². The Hall–Kier alpha value is -3.48. The van der Waals surface area contributed by atoms with Gasteiger partial charge in [0, 0.05) is 30.6 Å². The van der Waals surface area contributed by atoms with Crippen LogP contribution in [-0.4, -0.2) is 30.2 Å². The molecule has 0 fully saturated rings. The SMILES string of the molecule is CCCNC(=O)[C@@H]1CN(Cc2cc(=O)oc3cc(O)c(CC)cc23)c2ccccc2O1. The molecule has 0 spiro atoms. The number of phenols is 1. The molecule has 1 aliphatic rings. The van der Waals surface area contributed by atoms with Crippen molar-refractivity contribution in [2.75, 3.05) is 18.0 Å². The highest BCUT2D eigenvalue weighted by molar-refractivity contribution is 5.85. The number of rotatable bonds is 6. The van der Waals surface area contributed by atoms with E-state index in [1.807, 2.05) is 49.1 Å². The number of carbonyl (C=O) groups excluding carboxylic acids is 1. The number of amides is 1. The predicted molar refractivity (Wildman–Crippen MR) is 119 cm³/mol. The summed E-state index contributed by atoms with van der Waals surface area (Å²) in [6, 6.07) is 12.4. The fraction of sp³-hybridized carbons (Fsp3) is 0.333. The standard InChI is InChI=1S/C24H26N2O5/c1-3-9-25-24(29)22-14-26(18-7-5-6-8-20(18)30-22)13-16-11-23(28)31-21-12-19(27)15(4-2)10-17(16)21/h5-8,10-12,22,27H,3-4,9,13-14H2,1-2H3,(H,25,29)/t22-/m0/s1. The molecule has 0 bridgehead atoms. The first-order chi connectivity index (χ1) is 15.0. The van der Waals surface area contributed by atoms with Crippen LogP contribution >= 0.6 is 0 Å². The van der Waals surface area contributed by atoms with Crippen molar-refractivity contribution < 1.29 is 19.1 Å². The second-order valence-electron chi connectivity index (χ2n) is 7.67. The van der Waals surface area contributed by atoms with Gasteiger partial charge in [0.05, 0.1) is 12.2 Å². The summed E-state index contributed by atoms with van der Waals surface area (Å²) < 4.78 is 11.3. The normalized spacial score (nSPS) is 15.4. The zero-order chi connectivity index (χ0) is 22.0. The Kier molecular flexibility index (Phi) is 5.84. The van der Waals surface area contributed by atoms with Gasteiger partial charge in [-0.2, -0.15) is 0 Å². The van der Waals surface area contributed by atoms with Crippen LogP contribution in [0.25, 0.3) is 11.0 Å². The molecule has 2 N–H and O–H groups in total. The molecule has 1 amide bonds. The molecule has 1 atom stereocenters. The van der Waals surface area contributed by atoms with E-state index >= 15 is 0 Å². The molecule has 1 aromatic heterocycles. The van der Waals surface area contributed by atoms with Crippen LogP contribution in [0.15, 0.2) is 51.7 Å². The molecule has 7 heteroatoms. The van der Waals surface area contributed by atoms with Crippen LogP contribution in [0.5, 0.6) is 11.5 Å². The van der Waals surface area contributed by atoms with Crippen molar-refractivity contribution in [2.45, 2.75) is 39.3 Å². The Balaban J connectivity index is 1.73. The zero-order valence-corrected chi connectivity index (χ0v) is 17.7. The molecule has 31 heavy (non-hydrogen) atoms. The monoisotopic (exact) mass is 422 g/mol. The molecular formula is C24H26N2O5. The van der Waals surface area contributed by atoms with Crippen LogP contribution in [-0.2, 0) is 17.8 Å². The van der Waals surface area contributed by atoms with Gasteiger partial charge in [0.1, 0.15) is 17.1 Å². The molecule has 4 rings (SSSR count). The Labute approximate surface area is 180 Å². The van der Waals surface area contributed by atoms with Crippen molar-refractivity contribution in [1.29, 1.82) is 0 Å². The molecule has 0 aliphatic carbocycles. The first-order valence-corrected chi connectivity index (χ1v) is 10.6. The van der Waals surface area contributed by atoms with Gasteiger partial charge in [0.15, 0.2) is 6.10 Å². The maximum Gasteiger partial charge on any atom is 0.336 e. The van der Waals surface area contributed by atoms with Crippen molar-refractivity contribution in [1.82, 2.24) is 5.32 Å². The van der Waals surface area contributed by atoms with Crippen molar-refractivity contribution in [2.24, 2.45) is 0 Å². The minimum Gasteiger partial charge on any atom is -0.508 e. The van der Waals surface area contributed by atoms with Gasteiger partial charge in [-0.1, -0.05) is 26.0 Å². The number of nitrogens with one attached hydrogen (secondary N) is 1. The third-order valence-corrected chi connectivity index (χ3v) is 5.47. The second-order valence-corrected chi connectivity index (χ2v) is 7.67. The maximum atomic E-state index is 12.6. The lowest BCUT2D eigenvalue weighted by Gasteiger charge is -2.35. The Morgan fingerprint density at radius 1 is 1.19 bits per heavy atom. The molecule has 0 unspecified atom stereocenters. The van der Waals surface area contributed by atoms with Gasteiger partial charge in [-0.25, -0.2) is 4.79 Å². The summed E-state index contributed by atoms with van der Waals surface area (Å²) in [6.45, 7) is 5.30. The van der Waals surface area contributed by atoms with E-state index in [1.54, 1.807) is 0 Å². The predicted octanol–water partition coefficient (Wildman–Crippen LogP) is 3.35. The summed E-state index contributed by atoms with van der Waals surface area (Å²) in [5, 5.41) is 13.8. The molecule has 0 saturated carbocycles. The Bertz CT molecular complexity index is 1170. The molecule has 2 aromatic carbocycles. The number of carbonyl (C=O) groups is 1. The lowest BCUT2D eigenvalue weighted by molar-refractivity contribution is -0.127. The zero-order valence-electron chi connectivity index (χ0n) is 17.7. The summed E-state index contributed by atoms with van der Waals surface area (Å²) in [5.41, 5.74) is 2.27. The molecule has 3 aromatic rings. The van der Waals surface area contributed by atoms with Gasteiger partial charge in [-0.05, 0) is 42.2 Å². The van der Waals surface area contributed by atoms with Crippen molar-refractivity contribution in [3.63, 3.8) is 0 Å². The van der Waals surface area contributed by atoms with Crippen LogP contribution < -0.4 is 20.6 Å². The lowest BCUT2D eigenvalue weighted by Crippen LogP contribution is -2.49. The highest BCUT2D eigenvalue weighted by atomic mass is 16.5. The Morgan fingerprint density at radius 2 is 2.00 bits per heavy atom. The van der Waals surface area contributed by atoms with Crippen LogP contribution in [0, 0.1) is 0 Å².